The molecule has 2 amide bonds. The summed E-state index contributed by atoms with van der Waals surface area (Å²) in [7, 11) is 0. The van der Waals surface area contributed by atoms with E-state index in [0.717, 1.165) is 23.2 Å². The third-order valence-corrected chi connectivity index (χ3v) is 5.41. The van der Waals surface area contributed by atoms with E-state index in [0.29, 0.717) is 12.4 Å². The minimum absolute atomic E-state index is 0.00943. The predicted octanol–water partition coefficient (Wildman–Crippen LogP) is 1.98. The molecule has 162 valence electrons. The number of benzene rings is 1. The van der Waals surface area contributed by atoms with Crippen LogP contribution in [0, 0.1) is 17.6 Å². The highest BCUT2D eigenvalue weighted by atomic mass is 19.1. The highest BCUT2D eigenvalue weighted by molar-refractivity contribution is 5.91. The van der Waals surface area contributed by atoms with Crippen molar-refractivity contribution >= 4 is 23.8 Å². The summed E-state index contributed by atoms with van der Waals surface area (Å²) in [5.41, 5.74) is 5.49. The summed E-state index contributed by atoms with van der Waals surface area (Å²) in [6.07, 6.45) is 1.56. The molecule has 4 rings (SSSR count). The molecule has 11 heteroatoms. The van der Waals surface area contributed by atoms with Gasteiger partial charge in [0.2, 0.25) is 5.91 Å². The SMILES string of the molecule is NC(=O)c1cc(N2CC[C@H](C(=O)N3N=CC[C@H]3c3cc(F)cc(F)c3)[C@@H](F)C2)ncn1. The molecule has 1 saturated heterocycles. The van der Waals surface area contributed by atoms with Gasteiger partial charge in [0.05, 0.1) is 18.5 Å². The van der Waals surface area contributed by atoms with Crippen molar-refractivity contribution in [3.05, 3.63) is 53.5 Å². The lowest BCUT2D eigenvalue weighted by molar-refractivity contribution is -0.140. The molecule has 0 saturated carbocycles. The molecule has 2 N–H and O–H groups in total. The van der Waals surface area contributed by atoms with Crippen LogP contribution in [-0.2, 0) is 4.79 Å². The van der Waals surface area contributed by atoms with Crippen molar-refractivity contribution in [2.75, 3.05) is 18.0 Å². The summed E-state index contributed by atoms with van der Waals surface area (Å²) >= 11 is 0. The topological polar surface area (TPSA) is 105 Å². The summed E-state index contributed by atoms with van der Waals surface area (Å²) in [6.45, 7) is 0.186. The van der Waals surface area contributed by atoms with Gasteiger partial charge in [-0.2, -0.15) is 5.10 Å². The first kappa shape index (κ1) is 20.8. The Morgan fingerprint density at radius 2 is 1.84 bits per heavy atom. The lowest BCUT2D eigenvalue weighted by Gasteiger charge is -2.36. The lowest BCUT2D eigenvalue weighted by Crippen LogP contribution is -2.48. The molecule has 8 nitrogen and oxygen atoms in total. The summed E-state index contributed by atoms with van der Waals surface area (Å²) in [5.74, 6) is -3.42. The van der Waals surface area contributed by atoms with Crippen molar-refractivity contribution in [2.24, 2.45) is 16.8 Å². The zero-order chi connectivity index (χ0) is 22.1. The minimum atomic E-state index is -1.53. The van der Waals surface area contributed by atoms with E-state index in [-0.39, 0.29) is 30.6 Å². The minimum Gasteiger partial charge on any atom is -0.364 e. The fourth-order valence-corrected chi connectivity index (χ4v) is 3.89. The number of halogens is 3. The van der Waals surface area contributed by atoms with Gasteiger partial charge in [-0.15, -0.1) is 0 Å². The van der Waals surface area contributed by atoms with E-state index < -0.39 is 41.6 Å². The number of piperidine rings is 1. The van der Waals surface area contributed by atoms with Crippen LogP contribution in [0.15, 0.2) is 35.7 Å². The van der Waals surface area contributed by atoms with E-state index >= 15 is 4.39 Å². The quantitative estimate of drug-likeness (QED) is 0.796. The number of alkyl halides is 1. The van der Waals surface area contributed by atoms with Gasteiger partial charge in [0.25, 0.3) is 5.91 Å². The Morgan fingerprint density at radius 3 is 2.52 bits per heavy atom. The van der Waals surface area contributed by atoms with Gasteiger partial charge in [-0.3, -0.25) is 9.59 Å². The third kappa shape index (κ3) is 4.21. The first-order valence-electron chi connectivity index (χ1n) is 9.66. The zero-order valence-corrected chi connectivity index (χ0v) is 16.3. The number of anilines is 1. The van der Waals surface area contributed by atoms with Crippen LogP contribution in [0.3, 0.4) is 0 Å². The van der Waals surface area contributed by atoms with Gasteiger partial charge >= 0.3 is 0 Å². The molecule has 31 heavy (non-hydrogen) atoms. The van der Waals surface area contributed by atoms with Gasteiger partial charge in [0, 0.05) is 31.3 Å². The Labute approximate surface area is 175 Å². The monoisotopic (exact) mass is 432 g/mol. The fraction of sp³-hybridized carbons (Fsp3) is 0.350. The van der Waals surface area contributed by atoms with Gasteiger partial charge < -0.3 is 10.6 Å². The molecular weight excluding hydrogens is 413 g/mol. The molecule has 0 unspecified atom stereocenters. The van der Waals surface area contributed by atoms with E-state index in [1.807, 2.05) is 0 Å². The number of hydrogen-bond acceptors (Lipinski definition) is 6. The fourth-order valence-electron chi connectivity index (χ4n) is 3.89. The largest absolute Gasteiger partial charge is 0.364 e. The van der Waals surface area contributed by atoms with Crippen LogP contribution in [0.2, 0.25) is 0 Å². The molecule has 0 radical (unpaired) electrons. The number of nitrogens with two attached hydrogens (primary N) is 1. The maximum atomic E-state index is 15.0. The van der Waals surface area contributed by atoms with Crippen LogP contribution < -0.4 is 10.6 Å². The Kier molecular flexibility index (Phi) is 5.57. The van der Waals surface area contributed by atoms with Crippen LogP contribution >= 0.6 is 0 Å². The lowest BCUT2D eigenvalue weighted by atomic mass is 9.92. The number of primary amides is 1. The van der Waals surface area contributed by atoms with E-state index in [9.17, 15) is 18.4 Å². The van der Waals surface area contributed by atoms with Crippen molar-refractivity contribution in [3.63, 3.8) is 0 Å². The van der Waals surface area contributed by atoms with Crippen molar-refractivity contribution in [3.8, 4) is 0 Å². The average Bonchev–Trinajstić information content (AvgIpc) is 3.22. The van der Waals surface area contributed by atoms with E-state index in [1.54, 1.807) is 4.90 Å². The molecule has 0 bridgehead atoms. The highest BCUT2D eigenvalue weighted by Gasteiger charge is 2.40. The average molecular weight is 432 g/mol. The Bertz CT molecular complexity index is 1030. The number of hydrazone groups is 1. The number of aromatic nitrogens is 2. The molecule has 1 aromatic carbocycles. The molecule has 1 aromatic heterocycles. The molecule has 2 aliphatic rings. The summed E-state index contributed by atoms with van der Waals surface area (Å²) in [4.78, 5) is 33.8. The van der Waals surface area contributed by atoms with Crippen molar-refractivity contribution in [2.45, 2.75) is 25.1 Å². The third-order valence-electron chi connectivity index (χ3n) is 5.41. The second-order valence-electron chi connectivity index (χ2n) is 7.42. The number of carbonyl (C=O) groups is 2. The van der Waals surface area contributed by atoms with Crippen LogP contribution in [0.25, 0.3) is 0 Å². The van der Waals surface area contributed by atoms with E-state index in [2.05, 4.69) is 15.1 Å². The van der Waals surface area contributed by atoms with Crippen LogP contribution in [0.4, 0.5) is 19.0 Å². The maximum absolute atomic E-state index is 15.0. The second-order valence-corrected chi connectivity index (χ2v) is 7.42. The Hall–Kier alpha value is -3.50. The number of rotatable bonds is 4. The van der Waals surface area contributed by atoms with E-state index in [1.165, 1.54) is 18.6 Å². The maximum Gasteiger partial charge on any atom is 0.267 e. The predicted molar refractivity (Wildman–Crippen MR) is 105 cm³/mol. The Balaban J connectivity index is 1.48. The molecule has 1 fully saturated rings. The van der Waals surface area contributed by atoms with Crippen LogP contribution in [0.5, 0.6) is 0 Å². The summed E-state index contributed by atoms with van der Waals surface area (Å²) in [6, 6.07) is 3.71. The summed E-state index contributed by atoms with van der Waals surface area (Å²) < 4.78 is 42.2. The molecule has 3 heterocycles. The molecule has 2 aliphatic heterocycles. The number of carbonyl (C=O) groups excluding carboxylic acids is 2. The van der Waals surface area contributed by atoms with Gasteiger partial charge in [0.1, 0.15) is 35.6 Å². The number of amides is 2. The second kappa shape index (κ2) is 8.32. The molecular formula is C20H19F3N6O2. The first-order chi connectivity index (χ1) is 14.8. The van der Waals surface area contributed by atoms with Crippen molar-refractivity contribution in [1.29, 1.82) is 0 Å². The number of hydrogen-bond donors (Lipinski definition) is 1. The standard InChI is InChI=1S/C20H19F3N6O2/c21-12-5-11(6-13(22)7-12)17-1-3-27-29(17)20(31)14-2-4-28(9-15(14)23)18-8-16(19(24)30)25-10-26-18/h3,5-8,10,14-15,17H,1-2,4,9H2,(H2,24,30)/t14-,15-,17-/m0/s1. The smallest absolute Gasteiger partial charge is 0.267 e. The van der Waals surface area contributed by atoms with Gasteiger partial charge in [0.15, 0.2) is 0 Å². The molecule has 3 atom stereocenters. The first-order valence-corrected chi connectivity index (χ1v) is 9.66. The molecule has 0 spiro atoms. The zero-order valence-electron chi connectivity index (χ0n) is 16.3. The Morgan fingerprint density at radius 1 is 1.10 bits per heavy atom. The van der Waals surface area contributed by atoms with Crippen LogP contribution in [0.1, 0.15) is 34.9 Å². The van der Waals surface area contributed by atoms with Gasteiger partial charge in [-0.1, -0.05) is 0 Å². The summed E-state index contributed by atoms with van der Waals surface area (Å²) in [5, 5.41) is 5.14. The highest BCUT2D eigenvalue weighted by Crippen LogP contribution is 2.34. The molecule has 0 aliphatic carbocycles. The normalized spacial score (nSPS) is 23.3. The van der Waals surface area contributed by atoms with Crippen molar-refractivity contribution in [1.82, 2.24) is 15.0 Å². The van der Waals surface area contributed by atoms with Crippen molar-refractivity contribution < 1.29 is 22.8 Å². The van der Waals surface area contributed by atoms with E-state index in [4.69, 9.17) is 5.73 Å². The van der Waals surface area contributed by atoms with Crippen LogP contribution in [-0.4, -0.2) is 52.3 Å². The van der Waals surface area contributed by atoms with Gasteiger partial charge in [-0.05, 0) is 24.1 Å². The van der Waals surface area contributed by atoms with Gasteiger partial charge in [-0.25, -0.2) is 28.1 Å². The number of nitrogens with zero attached hydrogens (tertiary/aromatic N) is 5. The molecule has 2 aromatic rings.